The quantitative estimate of drug-likeness (QED) is 0.805. The predicted molar refractivity (Wildman–Crippen MR) is 110 cm³/mol. The van der Waals surface area contributed by atoms with Gasteiger partial charge in [0.1, 0.15) is 0 Å². The normalized spacial score (nSPS) is 19.3. The van der Waals surface area contributed by atoms with Crippen molar-refractivity contribution in [3.8, 4) is 11.3 Å². The summed E-state index contributed by atoms with van der Waals surface area (Å²) in [5, 5.41) is 4.49. The van der Waals surface area contributed by atoms with Crippen LogP contribution in [-0.2, 0) is 34.6 Å². The second kappa shape index (κ2) is 8.01. The Bertz CT molecular complexity index is 1090. The summed E-state index contributed by atoms with van der Waals surface area (Å²) < 4.78 is 35.5. The predicted octanol–water partition coefficient (Wildman–Crippen LogP) is 2.09. The van der Waals surface area contributed by atoms with Gasteiger partial charge in [-0.05, 0) is 62.6 Å². The van der Waals surface area contributed by atoms with Gasteiger partial charge >= 0.3 is 0 Å². The fourth-order valence-electron chi connectivity index (χ4n) is 4.21. The Morgan fingerprint density at radius 1 is 1.21 bits per heavy atom. The first-order chi connectivity index (χ1) is 13.9. The molecule has 1 N–H and O–H groups in total. The van der Waals surface area contributed by atoms with E-state index in [0.717, 1.165) is 55.2 Å². The molecule has 29 heavy (non-hydrogen) atoms. The van der Waals surface area contributed by atoms with Gasteiger partial charge in [0.25, 0.3) is 5.56 Å². The lowest BCUT2D eigenvalue weighted by atomic mass is 9.89. The van der Waals surface area contributed by atoms with Crippen LogP contribution >= 0.6 is 0 Å². The molecule has 1 unspecified atom stereocenters. The highest BCUT2D eigenvalue weighted by Gasteiger charge is 2.24. The summed E-state index contributed by atoms with van der Waals surface area (Å²) in [5.41, 5.74) is 3.82. The van der Waals surface area contributed by atoms with Crippen LogP contribution < -0.4 is 10.3 Å². The number of nitrogens with one attached hydrogen (secondary N) is 1. The summed E-state index contributed by atoms with van der Waals surface area (Å²) in [6, 6.07) is 5.36. The second-order valence-electron chi connectivity index (χ2n) is 7.91. The first-order valence-electron chi connectivity index (χ1n) is 10.2. The van der Waals surface area contributed by atoms with Gasteiger partial charge in [-0.25, -0.2) is 17.8 Å². The third kappa shape index (κ3) is 4.01. The molecule has 0 amide bonds. The molecule has 156 valence electrons. The zero-order chi connectivity index (χ0) is 20.6. The maximum atomic E-state index is 13.0. The summed E-state index contributed by atoms with van der Waals surface area (Å²) >= 11 is 0. The molecule has 2 aliphatic rings. The van der Waals surface area contributed by atoms with Crippen molar-refractivity contribution in [1.29, 1.82) is 0 Å². The molecule has 4 rings (SSSR count). The highest BCUT2D eigenvalue weighted by Crippen LogP contribution is 2.30. The summed E-state index contributed by atoms with van der Waals surface area (Å²) in [5.74, 6) is 0. The number of aryl methyl sites for hydroxylation is 2. The molecule has 1 aliphatic carbocycles. The zero-order valence-electron chi connectivity index (χ0n) is 16.9. The van der Waals surface area contributed by atoms with Crippen molar-refractivity contribution >= 4 is 10.0 Å². The highest BCUT2D eigenvalue weighted by atomic mass is 32.2. The molecule has 1 aromatic carbocycles. The van der Waals surface area contributed by atoms with Gasteiger partial charge in [-0.15, -0.1) is 0 Å². The number of fused-ring (bicyclic) bond motifs is 1. The average Bonchev–Trinajstić information content (AvgIpc) is 3.23. The molecule has 1 fully saturated rings. The molecule has 0 spiro atoms. The average molecular weight is 418 g/mol. The molecular formula is C21H27N3O4S. The maximum Gasteiger partial charge on any atom is 0.269 e. The lowest BCUT2D eigenvalue weighted by Gasteiger charge is -2.20. The molecule has 8 heteroatoms. The number of sulfonamides is 1. The van der Waals surface area contributed by atoms with Gasteiger partial charge in [-0.1, -0.05) is 12.1 Å². The van der Waals surface area contributed by atoms with Crippen LogP contribution in [0.25, 0.3) is 11.3 Å². The van der Waals surface area contributed by atoms with Gasteiger partial charge < -0.3 is 4.74 Å². The molecule has 0 bridgehead atoms. The molecule has 1 aromatic heterocycles. The van der Waals surface area contributed by atoms with Crippen molar-refractivity contribution in [2.24, 2.45) is 7.05 Å². The van der Waals surface area contributed by atoms with Crippen LogP contribution in [0, 0.1) is 6.92 Å². The van der Waals surface area contributed by atoms with E-state index in [0.29, 0.717) is 17.9 Å². The monoisotopic (exact) mass is 417 g/mol. The fraction of sp³-hybridized carbons (Fsp3) is 0.524. The number of rotatable bonds is 5. The van der Waals surface area contributed by atoms with E-state index in [2.05, 4.69) is 9.82 Å². The van der Waals surface area contributed by atoms with E-state index >= 15 is 0 Å². The minimum absolute atomic E-state index is 0.0540. The van der Waals surface area contributed by atoms with Gasteiger partial charge in [0, 0.05) is 31.3 Å². The van der Waals surface area contributed by atoms with E-state index in [4.69, 9.17) is 4.74 Å². The number of ether oxygens (including phenoxy) is 1. The number of hydrogen-bond acceptors (Lipinski definition) is 5. The Morgan fingerprint density at radius 2 is 1.97 bits per heavy atom. The summed E-state index contributed by atoms with van der Waals surface area (Å²) in [4.78, 5) is 12.7. The maximum absolute atomic E-state index is 13.0. The smallest absolute Gasteiger partial charge is 0.269 e. The fourth-order valence-corrected chi connectivity index (χ4v) is 5.54. The van der Waals surface area contributed by atoms with Crippen molar-refractivity contribution in [3.05, 3.63) is 45.2 Å². The Morgan fingerprint density at radius 3 is 2.69 bits per heavy atom. The SMILES string of the molecule is Cc1ccc(-c2nn(C)c(=O)c3c2CCCC3)cc1S(=O)(=O)NCC1CCCO1. The van der Waals surface area contributed by atoms with Gasteiger partial charge in [-0.2, -0.15) is 5.10 Å². The van der Waals surface area contributed by atoms with Gasteiger partial charge in [0.2, 0.25) is 10.0 Å². The Kier molecular flexibility index (Phi) is 5.59. The Hall–Kier alpha value is -2.03. The summed E-state index contributed by atoms with van der Waals surface area (Å²) in [7, 11) is -2.03. The minimum Gasteiger partial charge on any atom is -0.377 e. The standard InChI is InChI=1S/C21H27N3O4S/c1-14-9-10-15(12-19(14)29(26,27)22-13-16-6-5-11-28-16)20-17-7-3-4-8-18(17)21(25)24(2)23-20/h9-10,12,16,22H,3-8,11,13H2,1-2H3. The molecule has 2 aromatic rings. The van der Waals surface area contributed by atoms with Crippen LogP contribution in [0.15, 0.2) is 27.9 Å². The molecular weight excluding hydrogens is 390 g/mol. The lowest BCUT2D eigenvalue weighted by molar-refractivity contribution is 0.114. The number of nitrogens with zero attached hydrogens (tertiary/aromatic N) is 2. The van der Waals surface area contributed by atoms with E-state index in [1.54, 1.807) is 26.1 Å². The third-order valence-electron chi connectivity index (χ3n) is 5.83. The van der Waals surface area contributed by atoms with Crippen LogP contribution in [0.3, 0.4) is 0 Å². The van der Waals surface area contributed by atoms with E-state index in [1.807, 2.05) is 6.07 Å². The molecule has 0 saturated carbocycles. The summed E-state index contributed by atoms with van der Waals surface area (Å²) in [6.07, 6.45) is 5.31. The van der Waals surface area contributed by atoms with E-state index in [-0.39, 0.29) is 23.1 Å². The Labute approximate surface area is 171 Å². The molecule has 1 atom stereocenters. The van der Waals surface area contributed by atoms with Crippen molar-refractivity contribution in [2.45, 2.75) is 56.4 Å². The topological polar surface area (TPSA) is 90.3 Å². The minimum atomic E-state index is -3.67. The van der Waals surface area contributed by atoms with Crippen molar-refractivity contribution in [2.75, 3.05) is 13.2 Å². The van der Waals surface area contributed by atoms with Gasteiger partial charge in [0.05, 0.1) is 16.7 Å². The van der Waals surface area contributed by atoms with E-state index in [9.17, 15) is 13.2 Å². The third-order valence-corrected chi connectivity index (χ3v) is 7.40. The molecule has 2 heterocycles. The summed E-state index contributed by atoms with van der Waals surface area (Å²) in [6.45, 7) is 2.75. The van der Waals surface area contributed by atoms with Crippen LogP contribution in [0.1, 0.15) is 42.4 Å². The van der Waals surface area contributed by atoms with E-state index in [1.165, 1.54) is 4.68 Å². The largest absolute Gasteiger partial charge is 0.377 e. The zero-order valence-corrected chi connectivity index (χ0v) is 17.7. The first kappa shape index (κ1) is 20.3. The van der Waals surface area contributed by atoms with Crippen LogP contribution in [0.2, 0.25) is 0 Å². The highest BCUT2D eigenvalue weighted by molar-refractivity contribution is 7.89. The molecule has 1 saturated heterocycles. The lowest BCUT2D eigenvalue weighted by Crippen LogP contribution is -2.32. The molecule has 7 nitrogen and oxygen atoms in total. The molecule has 1 aliphatic heterocycles. The Balaban J connectivity index is 1.72. The van der Waals surface area contributed by atoms with Crippen molar-refractivity contribution < 1.29 is 13.2 Å². The molecule has 0 radical (unpaired) electrons. The van der Waals surface area contributed by atoms with Crippen molar-refractivity contribution in [3.63, 3.8) is 0 Å². The number of hydrogen-bond donors (Lipinski definition) is 1. The van der Waals surface area contributed by atoms with Crippen molar-refractivity contribution in [1.82, 2.24) is 14.5 Å². The number of aromatic nitrogens is 2. The van der Waals surface area contributed by atoms with Gasteiger partial charge in [-0.3, -0.25) is 4.79 Å². The van der Waals surface area contributed by atoms with Gasteiger partial charge in [0.15, 0.2) is 0 Å². The van der Waals surface area contributed by atoms with Crippen LogP contribution in [-0.4, -0.2) is 37.5 Å². The first-order valence-corrected chi connectivity index (χ1v) is 11.7. The number of benzene rings is 1. The van der Waals surface area contributed by atoms with E-state index < -0.39 is 10.0 Å². The van der Waals surface area contributed by atoms with Crippen LogP contribution in [0.4, 0.5) is 0 Å². The second-order valence-corrected chi connectivity index (χ2v) is 9.64. The van der Waals surface area contributed by atoms with Crippen LogP contribution in [0.5, 0.6) is 0 Å².